The number of nitrogens with two attached hydrogens (primary N) is 1. The largest absolute Gasteiger partial charge is 0.329 e. The Morgan fingerprint density at radius 1 is 1.39 bits per heavy atom. The van der Waals surface area contributed by atoms with Crippen LogP contribution >= 0.6 is 0 Å². The Labute approximate surface area is 111 Å². The molecule has 2 N–H and O–H groups in total. The molecule has 0 aliphatic heterocycles. The molecule has 1 aromatic heterocycles. The summed E-state index contributed by atoms with van der Waals surface area (Å²) in [7, 11) is 2.18. The third-order valence-electron chi connectivity index (χ3n) is 3.99. The van der Waals surface area contributed by atoms with Crippen LogP contribution in [0.3, 0.4) is 0 Å². The Morgan fingerprint density at radius 2 is 2.17 bits per heavy atom. The zero-order valence-electron chi connectivity index (χ0n) is 12.0. The summed E-state index contributed by atoms with van der Waals surface area (Å²) in [4.78, 5) is 6.58. The van der Waals surface area contributed by atoms with E-state index < -0.39 is 0 Å². The average Bonchev–Trinajstić information content (AvgIpc) is 2.42. The lowest BCUT2D eigenvalue weighted by atomic mass is 9.88. The van der Waals surface area contributed by atoms with Crippen molar-refractivity contribution in [1.82, 2.24) is 9.88 Å². The summed E-state index contributed by atoms with van der Waals surface area (Å²) in [5.74, 6) is 0. The van der Waals surface area contributed by atoms with Gasteiger partial charge in [0.25, 0.3) is 0 Å². The zero-order valence-corrected chi connectivity index (χ0v) is 12.0. The molecule has 1 unspecified atom stereocenters. The highest BCUT2D eigenvalue weighted by Gasteiger charge is 2.30. The lowest BCUT2D eigenvalue weighted by Crippen LogP contribution is -2.51. The van der Waals surface area contributed by atoms with Crippen LogP contribution in [-0.4, -0.2) is 29.0 Å². The zero-order chi connectivity index (χ0) is 13.4. The minimum absolute atomic E-state index is 0.131. The van der Waals surface area contributed by atoms with E-state index in [1.54, 1.807) is 0 Å². The third kappa shape index (κ3) is 3.79. The van der Waals surface area contributed by atoms with Crippen molar-refractivity contribution in [3.05, 3.63) is 30.1 Å². The fourth-order valence-corrected chi connectivity index (χ4v) is 2.48. The molecule has 0 spiro atoms. The molecule has 0 amide bonds. The Balaban J connectivity index is 2.72. The maximum atomic E-state index is 6.06. The van der Waals surface area contributed by atoms with Gasteiger partial charge in [-0.15, -0.1) is 0 Å². The van der Waals surface area contributed by atoms with Crippen LogP contribution in [0, 0.1) is 0 Å². The normalized spacial score (nSPS) is 14.7. The smallest absolute Gasteiger partial charge is 0.0329 e. The summed E-state index contributed by atoms with van der Waals surface area (Å²) in [6.07, 6.45) is 8.49. The molecule has 1 rings (SSSR count). The number of aromatic nitrogens is 1. The van der Waals surface area contributed by atoms with Gasteiger partial charge in [-0.1, -0.05) is 32.8 Å². The quantitative estimate of drug-likeness (QED) is 0.770. The number of pyridine rings is 1. The van der Waals surface area contributed by atoms with Crippen LogP contribution in [0.25, 0.3) is 0 Å². The molecule has 0 bridgehead atoms. The summed E-state index contributed by atoms with van der Waals surface area (Å²) in [6.45, 7) is 6.11. The standard InChI is InChI=1S/C15H27N3/c1-4-6-9-15(5-2,13-16)18(3)12-14-8-7-10-17-11-14/h7-8,10-11H,4-6,9,12-13,16H2,1-3H3. The van der Waals surface area contributed by atoms with E-state index in [4.69, 9.17) is 5.73 Å². The molecule has 3 heteroatoms. The van der Waals surface area contributed by atoms with Gasteiger partial charge >= 0.3 is 0 Å². The first-order valence-corrected chi connectivity index (χ1v) is 6.98. The number of likely N-dealkylation sites (N-methyl/N-ethyl adjacent to an activating group) is 1. The lowest BCUT2D eigenvalue weighted by Gasteiger charge is -2.41. The molecule has 102 valence electrons. The topological polar surface area (TPSA) is 42.1 Å². The van der Waals surface area contributed by atoms with E-state index in [1.165, 1.54) is 24.8 Å². The first kappa shape index (κ1) is 15.1. The van der Waals surface area contributed by atoms with Crippen LogP contribution in [0.15, 0.2) is 24.5 Å². The van der Waals surface area contributed by atoms with E-state index in [2.05, 4.69) is 36.8 Å². The van der Waals surface area contributed by atoms with Gasteiger partial charge in [0.2, 0.25) is 0 Å². The second-order valence-corrected chi connectivity index (χ2v) is 5.10. The molecule has 3 nitrogen and oxygen atoms in total. The first-order valence-electron chi connectivity index (χ1n) is 6.98. The number of nitrogens with zero attached hydrogens (tertiary/aromatic N) is 2. The van der Waals surface area contributed by atoms with Gasteiger partial charge in [-0.05, 0) is 31.5 Å². The molecular weight excluding hydrogens is 222 g/mol. The molecule has 1 aromatic rings. The minimum atomic E-state index is 0.131. The molecule has 0 aromatic carbocycles. The van der Waals surface area contributed by atoms with E-state index in [-0.39, 0.29) is 5.54 Å². The third-order valence-corrected chi connectivity index (χ3v) is 3.99. The molecule has 0 fully saturated rings. The molecule has 0 saturated carbocycles. The highest BCUT2D eigenvalue weighted by Crippen LogP contribution is 2.25. The van der Waals surface area contributed by atoms with E-state index in [9.17, 15) is 0 Å². The molecule has 1 heterocycles. The molecular formula is C15H27N3. The average molecular weight is 249 g/mol. The summed E-state index contributed by atoms with van der Waals surface area (Å²) in [6, 6.07) is 4.12. The maximum absolute atomic E-state index is 6.06. The van der Waals surface area contributed by atoms with Gasteiger partial charge in [-0.2, -0.15) is 0 Å². The molecule has 0 aliphatic rings. The summed E-state index contributed by atoms with van der Waals surface area (Å²) >= 11 is 0. The van der Waals surface area contributed by atoms with Gasteiger partial charge in [0.05, 0.1) is 0 Å². The number of rotatable bonds is 8. The fraction of sp³-hybridized carbons (Fsp3) is 0.667. The Bertz CT molecular complexity index is 320. The Kier molecular flexibility index (Phi) is 6.30. The van der Waals surface area contributed by atoms with Gasteiger partial charge in [0.15, 0.2) is 0 Å². The lowest BCUT2D eigenvalue weighted by molar-refractivity contribution is 0.0998. The van der Waals surface area contributed by atoms with Gasteiger partial charge in [-0.3, -0.25) is 9.88 Å². The fourth-order valence-electron chi connectivity index (χ4n) is 2.48. The molecule has 0 aliphatic carbocycles. The Morgan fingerprint density at radius 3 is 2.67 bits per heavy atom. The SMILES string of the molecule is CCCCC(CC)(CN)N(C)Cc1cccnc1. The van der Waals surface area contributed by atoms with E-state index >= 15 is 0 Å². The summed E-state index contributed by atoms with van der Waals surface area (Å²) < 4.78 is 0. The monoisotopic (exact) mass is 249 g/mol. The van der Waals surface area contributed by atoms with E-state index in [0.29, 0.717) is 0 Å². The predicted molar refractivity (Wildman–Crippen MR) is 77.3 cm³/mol. The maximum Gasteiger partial charge on any atom is 0.0329 e. The van der Waals surface area contributed by atoms with Crippen molar-refractivity contribution in [2.24, 2.45) is 5.73 Å². The van der Waals surface area contributed by atoms with Gasteiger partial charge in [0, 0.05) is 31.0 Å². The minimum Gasteiger partial charge on any atom is -0.329 e. The molecule has 1 atom stereocenters. The second-order valence-electron chi connectivity index (χ2n) is 5.10. The van der Waals surface area contributed by atoms with E-state index in [0.717, 1.165) is 19.5 Å². The predicted octanol–water partition coefficient (Wildman–Crippen LogP) is 2.81. The van der Waals surface area contributed by atoms with Gasteiger partial charge in [0.1, 0.15) is 0 Å². The first-order chi connectivity index (χ1) is 8.68. The highest BCUT2D eigenvalue weighted by molar-refractivity contribution is 5.09. The van der Waals surface area contributed by atoms with Crippen molar-refractivity contribution in [3.63, 3.8) is 0 Å². The van der Waals surface area contributed by atoms with Crippen LogP contribution < -0.4 is 5.73 Å². The van der Waals surface area contributed by atoms with Crippen LogP contribution in [0.5, 0.6) is 0 Å². The van der Waals surface area contributed by atoms with Crippen molar-refractivity contribution in [2.45, 2.75) is 51.6 Å². The Hall–Kier alpha value is -0.930. The van der Waals surface area contributed by atoms with Crippen molar-refractivity contribution < 1.29 is 0 Å². The van der Waals surface area contributed by atoms with Crippen molar-refractivity contribution in [1.29, 1.82) is 0 Å². The summed E-state index contributed by atoms with van der Waals surface area (Å²) in [5.41, 5.74) is 7.44. The number of unbranched alkanes of at least 4 members (excludes halogenated alkanes) is 1. The molecule has 18 heavy (non-hydrogen) atoms. The number of hydrogen-bond acceptors (Lipinski definition) is 3. The van der Waals surface area contributed by atoms with Crippen LogP contribution in [0.1, 0.15) is 45.1 Å². The van der Waals surface area contributed by atoms with E-state index in [1.807, 2.05) is 18.5 Å². The van der Waals surface area contributed by atoms with Crippen LogP contribution in [0.4, 0.5) is 0 Å². The van der Waals surface area contributed by atoms with Crippen molar-refractivity contribution in [2.75, 3.05) is 13.6 Å². The highest BCUT2D eigenvalue weighted by atomic mass is 15.2. The van der Waals surface area contributed by atoms with Crippen LogP contribution in [-0.2, 0) is 6.54 Å². The van der Waals surface area contributed by atoms with Gasteiger partial charge < -0.3 is 5.73 Å². The summed E-state index contributed by atoms with van der Waals surface area (Å²) in [5, 5.41) is 0. The second kappa shape index (κ2) is 7.49. The van der Waals surface area contributed by atoms with Crippen molar-refractivity contribution >= 4 is 0 Å². The number of hydrogen-bond donors (Lipinski definition) is 1. The van der Waals surface area contributed by atoms with Crippen LogP contribution in [0.2, 0.25) is 0 Å². The molecule has 0 saturated heterocycles. The van der Waals surface area contributed by atoms with Gasteiger partial charge in [-0.25, -0.2) is 0 Å². The molecule has 0 radical (unpaired) electrons. The van der Waals surface area contributed by atoms with Crippen molar-refractivity contribution in [3.8, 4) is 0 Å².